The van der Waals surface area contributed by atoms with Gasteiger partial charge in [-0.25, -0.2) is 4.79 Å². The molecule has 0 bridgehead atoms. The van der Waals surface area contributed by atoms with Crippen LogP contribution in [0.3, 0.4) is 0 Å². The third-order valence-electron chi connectivity index (χ3n) is 10.3. The molecule has 0 fully saturated rings. The SMILES string of the molecule is C=C(CCC(OCCCCCCCC)OCCCCCCCC)OCC(COC(=O)CCCCCCC/C=C\C/C=C\CCCCC)COC(=O)Oc1ccc([N+](=O)[O-])cc1. The number of carbonyl (C=O) groups is 2. The summed E-state index contributed by atoms with van der Waals surface area (Å²) in [5, 5.41) is 11.0. The summed E-state index contributed by atoms with van der Waals surface area (Å²) in [7, 11) is 0. The van der Waals surface area contributed by atoms with Crippen LogP contribution in [0.2, 0.25) is 0 Å². The van der Waals surface area contributed by atoms with Crippen LogP contribution in [-0.2, 0) is 28.5 Å². The molecule has 11 heteroatoms. The Balaban J connectivity index is 2.59. The van der Waals surface area contributed by atoms with Crippen molar-refractivity contribution in [2.45, 2.75) is 194 Å². The third-order valence-corrected chi connectivity index (χ3v) is 10.3. The van der Waals surface area contributed by atoms with Crippen LogP contribution in [0.4, 0.5) is 10.5 Å². The summed E-state index contributed by atoms with van der Waals surface area (Å²) in [6.07, 6.45) is 35.5. The molecule has 1 rings (SSSR count). The molecule has 0 saturated heterocycles. The molecule has 0 aliphatic carbocycles. The first-order valence-electron chi connectivity index (χ1n) is 23.9. The van der Waals surface area contributed by atoms with Gasteiger partial charge in [-0.3, -0.25) is 14.9 Å². The Morgan fingerprint density at radius 1 is 0.623 bits per heavy atom. The van der Waals surface area contributed by atoms with Gasteiger partial charge in [-0.2, -0.15) is 0 Å². The van der Waals surface area contributed by atoms with Crippen molar-refractivity contribution in [2.24, 2.45) is 5.92 Å². The minimum absolute atomic E-state index is 0.0114. The molecule has 1 atom stereocenters. The molecule has 1 unspecified atom stereocenters. The van der Waals surface area contributed by atoms with E-state index in [0.29, 0.717) is 38.2 Å². The predicted molar refractivity (Wildman–Crippen MR) is 246 cm³/mol. The number of non-ortho nitro benzene ring substituents is 1. The number of hydrogen-bond donors (Lipinski definition) is 0. The van der Waals surface area contributed by atoms with Crippen molar-refractivity contribution in [3.8, 4) is 5.75 Å². The van der Waals surface area contributed by atoms with Gasteiger partial charge >= 0.3 is 12.1 Å². The van der Waals surface area contributed by atoms with Gasteiger partial charge in [0, 0.05) is 44.6 Å². The van der Waals surface area contributed by atoms with Crippen LogP contribution in [0.25, 0.3) is 0 Å². The van der Waals surface area contributed by atoms with E-state index in [0.717, 1.165) is 70.6 Å². The molecule has 0 N–H and O–H groups in total. The lowest BCUT2D eigenvalue weighted by molar-refractivity contribution is -0.384. The number of allylic oxidation sites excluding steroid dienone is 5. The van der Waals surface area contributed by atoms with Crippen molar-refractivity contribution in [3.05, 3.63) is 71.0 Å². The molecular formula is C50H83NO10. The summed E-state index contributed by atoms with van der Waals surface area (Å²) >= 11 is 0. The van der Waals surface area contributed by atoms with E-state index in [2.05, 4.69) is 51.7 Å². The first-order chi connectivity index (χ1) is 29.8. The zero-order valence-electron chi connectivity index (χ0n) is 38.4. The quantitative estimate of drug-likeness (QED) is 0.00914. The Kier molecular flexibility index (Phi) is 36.6. The van der Waals surface area contributed by atoms with Crippen molar-refractivity contribution in [2.75, 3.05) is 33.0 Å². The molecule has 0 aromatic heterocycles. The van der Waals surface area contributed by atoms with Crippen LogP contribution in [0.15, 0.2) is 60.9 Å². The van der Waals surface area contributed by atoms with E-state index in [9.17, 15) is 19.7 Å². The van der Waals surface area contributed by atoms with Crippen LogP contribution in [0.5, 0.6) is 5.75 Å². The second kappa shape index (κ2) is 40.4. The summed E-state index contributed by atoms with van der Waals surface area (Å²) < 4.78 is 34.5. The van der Waals surface area contributed by atoms with Crippen LogP contribution >= 0.6 is 0 Å². The molecule has 1 aromatic rings. The van der Waals surface area contributed by atoms with Crippen molar-refractivity contribution in [1.82, 2.24) is 0 Å². The number of esters is 1. The number of unbranched alkanes of at least 4 members (excludes halogenated alkanes) is 18. The maximum atomic E-state index is 12.7. The van der Waals surface area contributed by atoms with E-state index in [1.54, 1.807) is 0 Å². The van der Waals surface area contributed by atoms with E-state index in [4.69, 9.17) is 28.4 Å². The molecule has 11 nitrogen and oxygen atoms in total. The lowest BCUT2D eigenvalue weighted by Gasteiger charge is -2.21. The fourth-order valence-electron chi connectivity index (χ4n) is 6.45. The molecule has 0 amide bonds. The first kappa shape index (κ1) is 55.3. The highest BCUT2D eigenvalue weighted by Crippen LogP contribution is 2.19. The second-order valence-corrected chi connectivity index (χ2v) is 16.0. The molecular weight excluding hydrogens is 775 g/mol. The average molecular weight is 858 g/mol. The third kappa shape index (κ3) is 34.6. The van der Waals surface area contributed by atoms with E-state index in [-0.39, 0.29) is 43.5 Å². The number of benzene rings is 1. The lowest BCUT2D eigenvalue weighted by Crippen LogP contribution is -2.26. The predicted octanol–water partition coefficient (Wildman–Crippen LogP) is 14.5. The highest BCUT2D eigenvalue weighted by molar-refractivity contribution is 5.69. The highest BCUT2D eigenvalue weighted by Gasteiger charge is 2.19. The fraction of sp³-hybridized carbons (Fsp3) is 0.720. The maximum Gasteiger partial charge on any atom is 0.513 e. The topological polar surface area (TPSA) is 133 Å². The largest absolute Gasteiger partial charge is 0.513 e. The summed E-state index contributed by atoms with van der Waals surface area (Å²) in [5.74, 6) is -0.159. The Hall–Kier alpha value is -3.70. The molecule has 0 heterocycles. The number of rotatable bonds is 42. The number of nitro benzene ring substituents is 1. The highest BCUT2D eigenvalue weighted by atomic mass is 16.7. The zero-order valence-corrected chi connectivity index (χ0v) is 38.4. The molecule has 0 aliphatic heterocycles. The summed E-state index contributed by atoms with van der Waals surface area (Å²) in [6.45, 7) is 12.0. The molecule has 0 spiro atoms. The van der Waals surface area contributed by atoms with Crippen molar-refractivity contribution in [3.63, 3.8) is 0 Å². The number of carbonyl (C=O) groups excluding carboxylic acids is 2. The van der Waals surface area contributed by atoms with Crippen LogP contribution in [0, 0.1) is 16.0 Å². The van der Waals surface area contributed by atoms with E-state index < -0.39 is 17.0 Å². The van der Waals surface area contributed by atoms with E-state index >= 15 is 0 Å². The molecule has 61 heavy (non-hydrogen) atoms. The number of nitro groups is 1. The second-order valence-electron chi connectivity index (χ2n) is 16.0. The molecule has 0 radical (unpaired) electrons. The van der Waals surface area contributed by atoms with Gasteiger partial charge < -0.3 is 28.4 Å². The number of nitrogens with zero attached hydrogens (tertiary/aromatic N) is 1. The standard InChI is InChI=1S/C50H83NO10/c1-5-8-11-14-17-18-19-20-21-22-23-24-25-26-29-32-48(52)59-42-45(43-60-50(53)61-47-36-34-46(35-37-47)51(54)55)41-58-44(4)33-38-49(56-39-30-27-15-12-9-6-2)57-40-31-28-16-13-10-7-3/h17-18,20-21,34-37,45,49H,4-16,19,22-33,38-43H2,1-3H3/b18-17-,21-20-. The monoisotopic (exact) mass is 858 g/mol. The van der Waals surface area contributed by atoms with Crippen molar-refractivity contribution < 1.29 is 42.9 Å². The van der Waals surface area contributed by atoms with Gasteiger partial charge in [-0.1, -0.05) is 148 Å². The minimum Gasteiger partial charge on any atom is -0.498 e. The summed E-state index contributed by atoms with van der Waals surface area (Å²) in [5.41, 5.74) is -0.125. The molecule has 1 aromatic carbocycles. The van der Waals surface area contributed by atoms with Crippen LogP contribution in [0.1, 0.15) is 188 Å². The van der Waals surface area contributed by atoms with Gasteiger partial charge in [0.1, 0.15) is 19.0 Å². The van der Waals surface area contributed by atoms with Gasteiger partial charge in [0.25, 0.3) is 5.69 Å². The summed E-state index contributed by atoms with van der Waals surface area (Å²) in [4.78, 5) is 35.7. The maximum absolute atomic E-state index is 12.7. The smallest absolute Gasteiger partial charge is 0.498 e. The first-order valence-corrected chi connectivity index (χ1v) is 23.9. The fourth-order valence-corrected chi connectivity index (χ4v) is 6.45. The number of ether oxygens (including phenoxy) is 6. The van der Waals surface area contributed by atoms with E-state index in [1.165, 1.54) is 101 Å². The van der Waals surface area contributed by atoms with Gasteiger partial charge in [0.05, 0.1) is 23.2 Å². The Morgan fingerprint density at radius 2 is 1.11 bits per heavy atom. The summed E-state index contributed by atoms with van der Waals surface area (Å²) in [6, 6.07) is 5.12. The molecule has 0 aliphatic rings. The molecule has 0 saturated carbocycles. The normalized spacial score (nSPS) is 12.0. The lowest BCUT2D eigenvalue weighted by atomic mass is 10.1. The van der Waals surface area contributed by atoms with Crippen LogP contribution < -0.4 is 4.74 Å². The minimum atomic E-state index is -0.984. The van der Waals surface area contributed by atoms with Crippen molar-refractivity contribution >= 4 is 17.8 Å². The molecule has 348 valence electrons. The van der Waals surface area contributed by atoms with E-state index in [1.807, 2.05) is 0 Å². The average Bonchev–Trinajstić information content (AvgIpc) is 3.25. The van der Waals surface area contributed by atoms with Gasteiger partial charge in [-0.05, 0) is 63.5 Å². The van der Waals surface area contributed by atoms with Crippen molar-refractivity contribution in [1.29, 1.82) is 0 Å². The Labute approximate surface area is 369 Å². The van der Waals surface area contributed by atoms with Gasteiger partial charge in [0.2, 0.25) is 0 Å². The Bertz CT molecular complexity index is 1280. The Morgan fingerprint density at radius 3 is 1.70 bits per heavy atom. The van der Waals surface area contributed by atoms with Gasteiger partial charge in [-0.15, -0.1) is 0 Å². The van der Waals surface area contributed by atoms with Gasteiger partial charge in [0.15, 0.2) is 6.29 Å². The zero-order chi connectivity index (χ0) is 44.4. The number of hydrogen-bond acceptors (Lipinski definition) is 10. The van der Waals surface area contributed by atoms with Crippen LogP contribution in [-0.4, -0.2) is 56.4 Å².